The topological polar surface area (TPSA) is 20.2 Å². The van der Waals surface area contributed by atoms with Gasteiger partial charge in [-0.05, 0) is 30.5 Å². The van der Waals surface area contributed by atoms with Gasteiger partial charge in [-0.2, -0.15) is 0 Å². The molecule has 1 fully saturated rings. The van der Waals surface area contributed by atoms with Crippen LogP contribution in [0.3, 0.4) is 0 Å². The second-order valence-corrected chi connectivity index (χ2v) is 3.28. The summed E-state index contributed by atoms with van der Waals surface area (Å²) in [6, 6.07) is 7.23. The molecule has 1 heteroatoms. The maximum absolute atomic E-state index is 9.23. The zero-order valence-electron chi connectivity index (χ0n) is 6.75. The summed E-state index contributed by atoms with van der Waals surface area (Å²) in [7, 11) is 0. The van der Waals surface area contributed by atoms with Gasteiger partial charge in [0.15, 0.2) is 0 Å². The molecule has 1 aliphatic carbocycles. The fourth-order valence-corrected chi connectivity index (χ4v) is 1.44. The van der Waals surface area contributed by atoms with Gasteiger partial charge in [0.1, 0.15) is 5.75 Å². The summed E-state index contributed by atoms with van der Waals surface area (Å²) in [5.41, 5.74) is 1.02. The molecule has 0 atom stereocenters. The average molecular weight is 158 g/mol. The van der Waals surface area contributed by atoms with Crippen LogP contribution in [-0.2, 0) is 5.41 Å². The van der Waals surface area contributed by atoms with Crippen LogP contribution in [0.4, 0.5) is 0 Å². The van der Waals surface area contributed by atoms with Crippen LogP contribution in [0, 0.1) is 12.3 Å². The van der Waals surface area contributed by atoms with Gasteiger partial charge in [-0.3, -0.25) is 0 Å². The molecule has 60 valence electrons. The van der Waals surface area contributed by atoms with Crippen LogP contribution in [-0.4, -0.2) is 5.11 Å². The Morgan fingerprint density at radius 3 is 2.67 bits per heavy atom. The van der Waals surface area contributed by atoms with E-state index in [1.54, 1.807) is 12.1 Å². The smallest absolute Gasteiger partial charge is 0.115 e. The molecule has 0 aromatic heterocycles. The Morgan fingerprint density at radius 2 is 2.17 bits per heavy atom. The van der Waals surface area contributed by atoms with E-state index in [9.17, 15) is 5.11 Å². The molecule has 1 aromatic rings. The Morgan fingerprint density at radius 1 is 1.42 bits per heavy atom. The van der Waals surface area contributed by atoms with Crippen LogP contribution in [0.1, 0.15) is 18.4 Å². The van der Waals surface area contributed by atoms with Gasteiger partial charge in [0.05, 0.1) is 5.41 Å². The first-order valence-corrected chi connectivity index (χ1v) is 4.04. The van der Waals surface area contributed by atoms with Gasteiger partial charge < -0.3 is 5.11 Å². The fourth-order valence-electron chi connectivity index (χ4n) is 1.44. The minimum atomic E-state index is -0.0568. The lowest BCUT2D eigenvalue weighted by Crippen LogP contribution is -2.01. The summed E-state index contributed by atoms with van der Waals surface area (Å²) in [6.45, 7) is 0. The summed E-state index contributed by atoms with van der Waals surface area (Å²) >= 11 is 0. The minimum Gasteiger partial charge on any atom is -0.508 e. The molecule has 1 N–H and O–H groups in total. The first-order valence-electron chi connectivity index (χ1n) is 4.04. The van der Waals surface area contributed by atoms with Crippen molar-refractivity contribution in [2.75, 3.05) is 0 Å². The van der Waals surface area contributed by atoms with E-state index >= 15 is 0 Å². The summed E-state index contributed by atoms with van der Waals surface area (Å²) < 4.78 is 0. The molecule has 2 rings (SSSR count). The van der Waals surface area contributed by atoms with Crippen LogP contribution >= 0.6 is 0 Å². The molecule has 0 radical (unpaired) electrons. The van der Waals surface area contributed by atoms with Crippen molar-refractivity contribution in [2.24, 2.45) is 0 Å². The van der Waals surface area contributed by atoms with E-state index in [-0.39, 0.29) is 5.41 Å². The van der Waals surface area contributed by atoms with Crippen LogP contribution < -0.4 is 0 Å². The van der Waals surface area contributed by atoms with Gasteiger partial charge >= 0.3 is 0 Å². The van der Waals surface area contributed by atoms with Crippen molar-refractivity contribution in [3.63, 3.8) is 0 Å². The van der Waals surface area contributed by atoms with Gasteiger partial charge in [-0.1, -0.05) is 18.1 Å². The molecule has 0 heterocycles. The van der Waals surface area contributed by atoms with E-state index in [1.807, 2.05) is 12.1 Å². The summed E-state index contributed by atoms with van der Waals surface area (Å²) in [4.78, 5) is 0. The van der Waals surface area contributed by atoms with Crippen molar-refractivity contribution >= 4 is 0 Å². The van der Waals surface area contributed by atoms with Gasteiger partial charge in [0.25, 0.3) is 0 Å². The molecular weight excluding hydrogens is 148 g/mol. The normalized spacial score (nSPS) is 18.2. The van der Waals surface area contributed by atoms with Crippen LogP contribution in [0.25, 0.3) is 0 Å². The molecule has 0 bridgehead atoms. The Balaban J connectivity index is 2.42. The highest BCUT2D eigenvalue weighted by molar-refractivity contribution is 5.43. The zero-order valence-corrected chi connectivity index (χ0v) is 6.75. The molecule has 0 saturated heterocycles. The third-order valence-electron chi connectivity index (χ3n) is 2.43. The number of terminal acetylenes is 1. The number of aromatic hydroxyl groups is 1. The number of rotatable bonds is 1. The van der Waals surface area contributed by atoms with E-state index in [2.05, 4.69) is 5.92 Å². The number of hydrogen-bond acceptors (Lipinski definition) is 1. The average Bonchev–Trinajstić information content (AvgIpc) is 2.84. The van der Waals surface area contributed by atoms with Gasteiger partial charge in [-0.15, -0.1) is 6.42 Å². The highest BCUT2D eigenvalue weighted by Gasteiger charge is 2.42. The summed E-state index contributed by atoms with van der Waals surface area (Å²) in [6.07, 6.45) is 7.52. The quantitative estimate of drug-likeness (QED) is 0.620. The number of phenolic OH excluding ortho intramolecular Hbond substituents is 1. The Kier molecular flexibility index (Phi) is 1.38. The maximum Gasteiger partial charge on any atom is 0.115 e. The van der Waals surface area contributed by atoms with Crippen molar-refractivity contribution in [1.82, 2.24) is 0 Å². The number of benzene rings is 1. The molecule has 0 amide bonds. The van der Waals surface area contributed by atoms with E-state index < -0.39 is 0 Å². The van der Waals surface area contributed by atoms with E-state index in [0.29, 0.717) is 5.75 Å². The van der Waals surface area contributed by atoms with Crippen LogP contribution in [0.15, 0.2) is 24.3 Å². The molecule has 1 saturated carbocycles. The first kappa shape index (κ1) is 7.24. The first-order chi connectivity index (χ1) is 5.77. The van der Waals surface area contributed by atoms with Crippen LogP contribution in [0.5, 0.6) is 5.75 Å². The predicted molar refractivity (Wildman–Crippen MR) is 47.9 cm³/mol. The summed E-state index contributed by atoms with van der Waals surface area (Å²) in [5.74, 6) is 3.08. The Bertz CT molecular complexity index is 342. The molecule has 0 unspecified atom stereocenters. The summed E-state index contributed by atoms with van der Waals surface area (Å²) in [5, 5.41) is 9.23. The largest absolute Gasteiger partial charge is 0.508 e. The monoisotopic (exact) mass is 158 g/mol. The van der Waals surface area contributed by atoms with Crippen molar-refractivity contribution < 1.29 is 5.11 Å². The van der Waals surface area contributed by atoms with E-state index in [0.717, 1.165) is 18.4 Å². The zero-order chi connectivity index (χ0) is 8.60. The lowest BCUT2D eigenvalue weighted by molar-refractivity contribution is 0.474. The van der Waals surface area contributed by atoms with E-state index in [1.165, 1.54) is 0 Å². The van der Waals surface area contributed by atoms with Crippen molar-refractivity contribution in [3.8, 4) is 18.1 Å². The van der Waals surface area contributed by atoms with Gasteiger partial charge in [-0.25, -0.2) is 0 Å². The minimum absolute atomic E-state index is 0.0568. The number of phenols is 1. The molecule has 1 aliphatic rings. The molecule has 0 spiro atoms. The SMILES string of the molecule is C#CC1(c2cccc(O)c2)CC1. The predicted octanol–water partition coefficient (Wildman–Crippen LogP) is 2.06. The molecule has 0 aliphatic heterocycles. The van der Waals surface area contributed by atoms with Crippen molar-refractivity contribution in [3.05, 3.63) is 29.8 Å². The van der Waals surface area contributed by atoms with Gasteiger partial charge in [0, 0.05) is 0 Å². The molecule has 1 aromatic carbocycles. The van der Waals surface area contributed by atoms with E-state index in [4.69, 9.17) is 6.42 Å². The fraction of sp³-hybridized carbons (Fsp3) is 0.273. The van der Waals surface area contributed by atoms with Crippen molar-refractivity contribution in [2.45, 2.75) is 18.3 Å². The highest BCUT2D eigenvalue weighted by Crippen LogP contribution is 2.47. The Hall–Kier alpha value is -1.42. The Labute approximate surface area is 72.0 Å². The third kappa shape index (κ3) is 0.967. The van der Waals surface area contributed by atoms with Crippen molar-refractivity contribution in [1.29, 1.82) is 0 Å². The maximum atomic E-state index is 9.23. The lowest BCUT2D eigenvalue weighted by Gasteiger charge is -2.07. The lowest BCUT2D eigenvalue weighted by atomic mass is 9.97. The molecule has 12 heavy (non-hydrogen) atoms. The van der Waals surface area contributed by atoms with Gasteiger partial charge in [0.2, 0.25) is 0 Å². The standard InChI is InChI=1S/C11H10O/c1-2-11(6-7-11)9-4-3-5-10(12)8-9/h1,3-5,8,12H,6-7H2. The highest BCUT2D eigenvalue weighted by atomic mass is 16.3. The van der Waals surface area contributed by atoms with Crippen LogP contribution in [0.2, 0.25) is 0 Å². The second kappa shape index (κ2) is 2.28. The molecule has 1 nitrogen and oxygen atoms in total. The number of hydrogen-bond donors (Lipinski definition) is 1. The third-order valence-corrected chi connectivity index (χ3v) is 2.43. The second-order valence-electron chi connectivity index (χ2n) is 3.28. The molecular formula is C11H10O.